The highest BCUT2D eigenvalue weighted by Crippen LogP contribution is 2.23. The van der Waals surface area contributed by atoms with Gasteiger partial charge in [-0.2, -0.15) is 5.10 Å². The fourth-order valence-electron chi connectivity index (χ4n) is 2.01. The number of hydrogen-bond acceptors (Lipinski definition) is 2. The molecule has 0 saturated carbocycles. The fourth-order valence-corrected chi connectivity index (χ4v) is 2.43. The van der Waals surface area contributed by atoms with Crippen LogP contribution in [0.15, 0.2) is 16.6 Å². The predicted molar refractivity (Wildman–Crippen MR) is 74.7 cm³/mol. The summed E-state index contributed by atoms with van der Waals surface area (Å²) in [7, 11) is 0. The minimum absolute atomic E-state index is 0.0836. The van der Waals surface area contributed by atoms with Crippen LogP contribution in [-0.2, 0) is 13.0 Å². The first kappa shape index (κ1) is 15.8. The van der Waals surface area contributed by atoms with E-state index in [2.05, 4.69) is 21.0 Å². The topological polar surface area (TPSA) is 34.9 Å². The van der Waals surface area contributed by atoms with Gasteiger partial charge < -0.3 is 0 Å². The molecular weight excluding hydrogens is 349 g/mol. The maximum absolute atomic E-state index is 13.2. The Morgan fingerprint density at radius 1 is 1.29 bits per heavy atom. The molecule has 1 aromatic carbocycles. The molecule has 7 heteroatoms. The number of nitrogens with zero attached hydrogens (tertiary/aromatic N) is 2. The number of ketones is 1. The summed E-state index contributed by atoms with van der Waals surface area (Å²) in [5.41, 5.74) is 1.13. The van der Waals surface area contributed by atoms with Crippen LogP contribution in [0.2, 0.25) is 0 Å². The average molecular weight is 361 g/mol. The monoisotopic (exact) mass is 360 g/mol. The van der Waals surface area contributed by atoms with E-state index < -0.39 is 23.2 Å². The molecule has 0 radical (unpaired) electrons. The molecule has 2 aromatic rings. The largest absolute Gasteiger partial charge is 0.294 e. The quantitative estimate of drug-likeness (QED) is 0.613. The van der Waals surface area contributed by atoms with Gasteiger partial charge in [0.05, 0.1) is 22.3 Å². The van der Waals surface area contributed by atoms with Crippen molar-refractivity contribution >= 4 is 21.7 Å². The molecule has 0 aliphatic carbocycles. The number of aryl methyl sites for hydroxylation is 2. The van der Waals surface area contributed by atoms with Gasteiger partial charge in [-0.15, -0.1) is 0 Å². The fraction of sp³-hybridized carbons (Fsp3) is 0.286. The van der Waals surface area contributed by atoms with Crippen LogP contribution in [0.3, 0.4) is 0 Å². The molecule has 0 fully saturated rings. The first-order valence-electron chi connectivity index (χ1n) is 6.24. The van der Waals surface area contributed by atoms with Crippen LogP contribution in [0.5, 0.6) is 0 Å². The maximum Gasteiger partial charge on any atom is 0.194 e. The third-order valence-electron chi connectivity index (χ3n) is 3.09. The minimum atomic E-state index is -1.58. The van der Waals surface area contributed by atoms with Crippen molar-refractivity contribution in [1.82, 2.24) is 9.78 Å². The van der Waals surface area contributed by atoms with Gasteiger partial charge in [0, 0.05) is 12.1 Å². The van der Waals surface area contributed by atoms with E-state index in [4.69, 9.17) is 0 Å². The molecule has 0 unspecified atom stereocenters. The molecule has 0 aliphatic heterocycles. The minimum Gasteiger partial charge on any atom is -0.294 e. The number of hydrogen-bond donors (Lipinski definition) is 0. The highest BCUT2D eigenvalue weighted by molar-refractivity contribution is 9.10. The van der Waals surface area contributed by atoms with Crippen molar-refractivity contribution < 1.29 is 18.0 Å². The van der Waals surface area contributed by atoms with Gasteiger partial charge in [0.1, 0.15) is 0 Å². The molecule has 1 aromatic heterocycles. The first-order valence-corrected chi connectivity index (χ1v) is 7.04. The predicted octanol–water partition coefficient (Wildman–Crippen LogP) is 3.82. The van der Waals surface area contributed by atoms with E-state index in [-0.39, 0.29) is 12.0 Å². The van der Waals surface area contributed by atoms with Crippen molar-refractivity contribution in [1.29, 1.82) is 0 Å². The lowest BCUT2D eigenvalue weighted by atomic mass is 10.1. The molecule has 21 heavy (non-hydrogen) atoms. The molecule has 0 spiro atoms. The number of halogens is 4. The summed E-state index contributed by atoms with van der Waals surface area (Å²) in [5, 5.41) is 4.23. The SMILES string of the molecule is CCn1nc(C)c(Br)c1CC(=O)c1cc(F)c(F)c(F)c1. The molecule has 0 atom stereocenters. The van der Waals surface area contributed by atoms with Crippen molar-refractivity contribution in [3.63, 3.8) is 0 Å². The van der Waals surface area contributed by atoms with Crippen molar-refractivity contribution in [2.45, 2.75) is 26.8 Å². The molecule has 2 rings (SSSR count). The zero-order valence-corrected chi connectivity index (χ0v) is 13.0. The second kappa shape index (κ2) is 6.01. The molecule has 0 N–H and O–H groups in total. The molecule has 1 heterocycles. The van der Waals surface area contributed by atoms with Crippen LogP contribution in [0.1, 0.15) is 28.7 Å². The third-order valence-corrected chi connectivity index (χ3v) is 4.12. The Morgan fingerprint density at radius 3 is 2.38 bits per heavy atom. The van der Waals surface area contributed by atoms with Crippen LogP contribution >= 0.6 is 15.9 Å². The van der Waals surface area contributed by atoms with Gasteiger partial charge in [-0.25, -0.2) is 13.2 Å². The van der Waals surface area contributed by atoms with Gasteiger partial charge in [0.2, 0.25) is 0 Å². The van der Waals surface area contributed by atoms with Gasteiger partial charge in [-0.3, -0.25) is 9.48 Å². The third kappa shape index (κ3) is 3.02. The van der Waals surface area contributed by atoms with Gasteiger partial charge in [0.15, 0.2) is 23.2 Å². The number of carbonyl (C=O) groups excluding carboxylic acids is 1. The summed E-state index contributed by atoms with van der Waals surface area (Å²) in [6.07, 6.45) is -0.0836. The molecule has 0 saturated heterocycles. The van der Waals surface area contributed by atoms with Gasteiger partial charge >= 0.3 is 0 Å². The van der Waals surface area contributed by atoms with E-state index in [9.17, 15) is 18.0 Å². The van der Waals surface area contributed by atoms with Gasteiger partial charge in [-0.05, 0) is 41.9 Å². The van der Waals surface area contributed by atoms with E-state index in [0.717, 1.165) is 5.69 Å². The summed E-state index contributed by atoms with van der Waals surface area (Å²) in [5.74, 6) is -4.85. The summed E-state index contributed by atoms with van der Waals surface area (Å²) in [6.45, 7) is 4.20. The second-order valence-corrected chi connectivity index (χ2v) is 5.31. The zero-order chi connectivity index (χ0) is 15.7. The Morgan fingerprint density at radius 2 is 1.86 bits per heavy atom. The Bertz CT molecular complexity index is 689. The lowest BCUT2D eigenvalue weighted by Crippen LogP contribution is -2.11. The Balaban J connectivity index is 2.35. The number of carbonyl (C=O) groups is 1. The average Bonchev–Trinajstić information content (AvgIpc) is 2.71. The van der Waals surface area contributed by atoms with Crippen molar-refractivity contribution in [3.8, 4) is 0 Å². The van der Waals surface area contributed by atoms with Crippen molar-refractivity contribution in [2.75, 3.05) is 0 Å². The molecule has 0 bridgehead atoms. The number of benzene rings is 1. The number of rotatable bonds is 4. The van der Waals surface area contributed by atoms with Crippen LogP contribution < -0.4 is 0 Å². The standard InChI is InChI=1S/C14H12BrF3N2O/c1-3-20-11(13(15)7(2)19-20)6-12(21)8-4-9(16)14(18)10(17)5-8/h4-5H,3,6H2,1-2H3. The highest BCUT2D eigenvalue weighted by Gasteiger charge is 2.19. The van der Waals surface area contributed by atoms with E-state index in [1.165, 1.54) is 0 Å². The van der Waals surface area contributed by atoms with Crippen LogP contribution in [0, 0.1) is 24.4 Å². The lowest BCUT2D eigenvalue weighted by molar-refractivity contribution is 0.0989. The van der Waals surface area contributed by atoms with Gasteiger partial charge in [0.25, 0.3) is 0 Å². The summed E-state index contributed by atoms with van der Waals surface area (Å²) >= 11 is 3.34. The van der Waals surface area contributed by atoms with E-state index >= 15 is 0 Å². The molecule has 112 valence electrons. The second-order valence-electron chi connectivity index (χ2n) is 4.52. The van der Waals surface area contributed by atoms with Crippen LogP contribution in [0.25, 0.3) is 0 Å². The lowest BCUT2D eigenvalue weighted by Gasteiger charge is -2.06. The maximum atomic E-state index is 13.2. The Hall–Kier alpha value is -1.63. The van der Waals surface area contributed by atoms with Crippen molar-refractivity contribution in [3.05, 3.63) is 51.0 Å². The Kier molecular flexibility index (Phi) is 4.51. The van der Waals surface area contributed by atoms with E-state index in [0.29, 0.717) is 28.8 Å². The summed E-state index contributed by atoms with van der Waals surface area (Å²) < 4.78 is 41.6. The summed E-state index contributed by atoms with van der Waals surface area (Å²) in [6, 6.07) is 1.41. The Labute approximate surface area is 127 Å². The normalized spacial score (nSPS) is 11.0. The molecule has 0 aliphatic rings. The zero-order valence-electron chi connectivity index (χ0n) is 11.4. The van der Waals surface area contributed by atoms with Gasteiger partial charge in [-0.1, -0.05) is 0 Å². The van der Waals surface area contributed by atoms with E-state index in [1.807, 2.05) is 6.92 Å². The van der Waals surface area contributed by atoms with Crippen LogP contribution in [0.4, 0.5) is 13.2 Å². The number of Topliss-reactive ketones (excluding diaryl/α,β-unsaturated/α-hetero) is 1. The smallest absolute Gasteiger partial charge is 0.194 e. The van der Waals surface area contributed by atoms with Crippen molar-refractivity contribution in [2.24, 2.45) is 0 Å². The number of aromatic nitrogens is 2. The highest BCUT2D eigenvalue weighted by atomic mass is 79.9. The molecular formula is C14H12BrF3N2O. The first-order chi connectivity index (χ1) is 9.85. The van der Waals surface area contributed by atoms with E-state index in [1.54, 1.807) is 11.6 Å². The van der Waals surface area contributed by atoms with Crippen LogP contribution in [-0.4, -0.2) is 15.6 Å². The molecule has 0 amide bonds. The molecule has 3 nitrogen and oxygen atoms in total. The summed E-state index contributed by atoms with van der Waals surface area (Å²) in [4.78, 5) is 12.1.